The Kier molecular flexibility index (Phi) is 5.01. The van der Waals surface area contributed by atoms with Gasteiger partial charge in [-0.15, -0.1) is 0 Å². The lowest BCUT2D eigenvalue weighted by molar-refractivity contribution is 0.103. The number of aliphatic hydroxyl groups is 1. The average molecular weight is 256 g/mol. The third kappa shape index (κ3) is 3.44. The Morgan fingerprint density at radius 2 is 2.39 bits per heavy atom. The van der Waals surface area contributed by atoms with E-state index >= 15 is 0 Å². The van der Waals surface area contributed by atoms with E-state index in [0.717, 1.165) is 58.8 Å². The standard InChI is InChI=1S/C14H28N2O2/c1-3-15-9-14(5-7-18-11-14)10-16-6-4-13(8-16)12(2)17/h12-13,15,17H,3-11H2,1-2H3. The van der Waals surface area contributed by atoms with Crippen LogP contribution < -0.4 is 5.32 Å². The monoisotopic (exact) mass is 256 g/mol. The highest BCUT2D eigenvalue weighted by Crippen LogP contribution is 2.31. The molecule has 0 aromatic carbocycles. The molecule has 0 amide bonds. The van der Waals surface area contributed by atoms with Crippen molar-refractivity contribution < 1.29 is 9.84 Å². The summed E-state index contributed by atoms with van der Waals surface area (Å²) in [6, 6.07) is 0. The fourth-order valence-corrected chi connectivity index (χ4v) is 3.23. The first-order valence-electron chi connectivity index (χ1n) is 7.34. The summed E-state index contributed by atoms with van der Waals surface area (Å²) in [6.45, 7) is 11.2. The van der Waals surface area contributed by atoms with Crippen LogP contribution in [0.2, 0.25) is 0 Å². The molecule has 2 fully saturated rings. The summed E-state index contributed by atoms with van der Waals surface area (Å²) in [5, 5.41) is 13.2. The smallest absolute Gasteiger partial charge is 0.0552 e. The zero-order valence-corrected chi connectivity index (χ0v) is 11.8. The Labute approximate surface area is 111 Å². The van der Waals surface area contributed by atoms with E-state index in [2.05, 4.69) is 17.1 Å². The van der Waals surface area contributed by atoms with Crippen molar-refractivity contribution in [3.63, 3.8) is 0 Å². The molecule has 0 saturated carbocycles. The summed E-state index contributed by atoms with van der Waals surface area (Å²) in [5.41, 5.74) is 0.295. The van der Waals surface area contributed by atoms with Crippen molar-refractivity contribution in [2.24, 2.45) is 11.3 Å². The number of ether oxygens (including phenoxy) is 1. The highest BCUT2D eigenvalue weighted by molar-refractivity contribution is 4.91. The van der Waals surface area contributed by atoms with E-state index < -0.39 is 0 Å². The van der Waals surface area contributed by atoms with Gasteiger partial charge in [0, 0.05) is 31.7 Å². The van der Waals surface area contributed by atoms with Gasteiger partial charge in [0.15, 0.2) is 0 Å². The molecule has 2 aliphatic rings. The maximum absolute atomic E-state index is 9.67. The van der Waals surface area contributed by atoms with Gasteiger partial charge in [-0.2, -0.15) is 0 Å². The fourth-order valence-electron chi connectivity index (χ4n) is 3.23. The van der Waals surface area contributed by atoms with Crippen molar-refractivity contribution in [2.45, 2.75) is 32.8 Å². The molecule has 2 rings (SSSR count). The topological polar surface area (TPSA) is 44.7 Å². The lowest BCUT2D eigenvalue weighted by Crippen LogP contribution is -2.44. The second kappa shape index (κ2) is 6.33. The van der Waals surface area contributed by atoms with Gasteiger partial charge in [-0.25, -0.2) is 0 Å². The largest absolute Gasteiger partial charge is 0.393 e. The number of hydrogen-bond donors (Lipinski definition) is 2. The molecule has 0 aromatic heterocycles. The first-order chi connectivity index (χ1) is 8.65. The maximum atomic E-state index is 9.67. The van der Waals surface area contributed by atoms with Crippen LogP contribution in [0.1, 0.15) is 26.7 Å². The van der Waals surface area contributed by atoms with Crippen molar-refractivity contribution in [1.82, 2.24) is 10.2 Å². The van der Waals surface area contributed by atoms with Crippen LogP contribution in [0.5, 0.6) is 0 Å². The molecule has 0 aliphatic carbocycles. The summed E-state index contributed by atoms with van der Waals surface area (Å²) < 4.78 is 5.63. The van der Waals surface area contributed by atoms with E-state index in [-0.39, 0.29) is 6.10 Å². The van der Waals surface area contributed by atoms with Crippen molar-refractivity contribution >= 4 is 0 Å². The Bertz CT molecular complexity index is 252. The van der Waals surface area contributed by atoms with Gasteiger partial charge in [0.05, 0.1) is 12.7 Å². The van der Waals surface area contributed by atoms with E-state index in [1.165, 1.54) is 0 Å². The van der Waals surface area contributed by atoms with Crippen molar-refractivity contribution in [2.75, 3.05) is 45.9 Å². The van der Waals surface area contributed by atoms with Crippen molar-refractivity contribution in [1.29, 1.82) is 0 Å². The van der Waals surface area contributed by atoms with Crippen LogP contribution in [0, 0.1) is 11.3 Å². The molecular formula is C14H28N2O2. The molecule has 106 valence electrons. The summed E-state index contributed by atoms with van der Waals surface area (Å²) >= 11 is 0. The van der Waals surface area contributed by atoms with Crippen molar-refractivity contribution in [3.8, 4) is 0 Å². The van der Waals surface area contributed by atoms with Crippen LogP contribution in [-0.4, -0.2) is 62.0 Å². The minimum absolute atomic E-state index is 0.167. The highest BCUT2D eigenvalue weighted by atomic mass is 16.5. The molecule has 0 aromatic rings. The molecule has 2 N–H and O–H groups in total. The average Bonchev–Trinajstić information content (AvgIpc) is 2.97. The predicted molar refractivity (Wildman–Crippen MR) is 72.6 cm³/mol. The Morgan fingerprint density at radius 3 is 2.94 bits per heavy atom. The summed E-state index contributed by atoms with van der Waals surface area (Å²) in [4.78, 5) is 2.52. The third-order valence-electron chi connectivity index (χ3n) is 4.49. The van der Waals surface area contributed by atoms with E-state index in [4.69, 9.17) is 4.74 Å². The molecule has 4 heteroatoms. The number of likely N-dealkylation sites (tertiary alicyclic amines) is 1. The van der Waals surface area contributed by atoms with Gasteiger partial charge in [-0.05, 0) is 38.8 Å². The first kappa shape index (κ1) is 14.3. The highest BCUT2D eigenvalue weighted by Gasteiger charge is 2.38. The predicted octanol–water partition coefficient (Wildman–Crippen LogP) is 0.705. The van der Waals surface area contributed by atoms with Crippen LogP contribution >= 0.6 is 0 Å². The van der Waals surface area contributed by atoms with E-state index in [1.54, 1.807) is 0 Å². The second-order valence-corrected chi connectivity index (χ2v) is 6.11. The number of nitrogens with zero attached hydrogens (tertiary/aromatic N) is 1. The van der Waals surface area contributed by atoms with E-state index in [0.29, 0.717) is 11.3 Å². The molecule has 0 bridgehead atoms. The molecule has 4 nitrogen and oxygen atoms in total. The second-order valence-electron chi connectivity index (χ2n) is 6.11. The first-order valence-corrected chi connectivity index (χ1v) is 7.34. The van der Waals surface area contributed by atoms with E-state index in [1.807, 2.05) is 6.92 Å². The molecule has 18 heavy (non-hydrogen) atoms. The lowest BCUT2D eigenvalue weighted by Gasteiger charge is -2.32. The number of hydrogen-bond acceptors (Lipinski definition) is 4. The fraction of sp³-hybridized carbons (Fsp3) is 1.00. The molecule has 3 atom stereocenters. The molecule has 2 saturated heterocycles. The third-order valence-corrected chi connectivity index (χ3v) is 4.49. The van der Waals surface area contributed by atoms with Gasteiger partial charge in [0.2, 0.25) is 0 Å². The summed E-state index contributed by atoms with van der Waals surface area (Å²) in [6.07, 6.45) is 2.13. The molecule has 3 unspecified atom stereocenters. The number of nitrogens with one attached hydrogen (secondary N) is 1. The molecule has 0 radical (unpaired) electrons. The summed E-state index contributed by atoms with van der Waals surface area (Å²) in [7, 11) is 0. The van der Waals surface area contributed by atoms with Gasteiger partial charge in [0.25, 0.3) is 0 Å². The summed E-state index contributed by atoms with van der Waals surface area (Å²) in [5.74, 6) is 0.462. The van der Waals surface area contributed by atoms with Crippen LogP contribution in [0.3, 0.4) is 0 Å². The Hall–Kier alpha value is -0.160. The minimum atomic E-state index is -0.167. The van der Waals surface area contributed by atoms with E-state index in [9.17, 15) is 5.11 Å². The van der Waals surface area contributed by atoms with Crippen LogP contribution in [0.15, 0.2) is 0 Å². The van der Waals surface area contributed by atoms with Gasteiger partial charge in [-0.3, -0.25) is 0 Å². The van der Waals surface area contributed by atoms with Crippen LogP contribution in [0.25, 0.3) is 0 Å². The normalized spacial score (nSPS) is 35.2. The minimum Gasteiger partial charge on any atom is -0.393 e. The zero-order valence-electron chi connectivity index (χ0n) is 11.8. The SMILES string of the molecule is CCNCC1(CN2CCC(C(C)O)C2)CCOC1. The maximum Gasteiger partial charge on any atom is 0.0552 e. The molecular weight excluding hydrogens is 228 g/mol. The van der Waals surface area contributed by atoms with Gasteiger partial charge in [-0.1, -0.05) is 6.92 Å². The molecule has 2 aliphatic heterocycles. The van der Waals surface area contributed by atoms with Gasteiger partial charge in [0.1, 0.15) is 0 Å². The lowest BCUT2D eigenvalue weighted by atomic mass is 9.86. The van der Waals surface area contributed by atoms with Crippen molar-refractivity contribution in [3.05, 3.63) is 0 Å². The van der Waals surface area contributed by atoms with Gasteiger partial charge >= 0.3 is 0 Å². The Morgan fingerprint density at radius 1 is 1.56 bits per heavy atom. The molecule has 0 spiro atoms. The van der Waals surface area contributed by atoms with Crippen LogP contribution in [-0.2, 0) is 4.74 Å². The molecule has 2 heterocycles. The quantitative estimate of drug-likeness (QED) is 0.734. The number of aliphatic hydroxyl groups excluding tert-OH is 1. The zero-order chi connectivity index (χ0) is 13.0. The number of rotatable bonds is 6. The van der Waals surface area contributed by atoms with Crippen LogP contribution in [0.4, 0.5) is 0 Å². The Balaban J connectivity index is 1.86. The van der Waals surface area contributed by atoms with Gasteiger partial charge < -0.3 is 20.1 Å².